The molecule has 1 atom stereocenters. The topological polar surface area (TPSA) is 47.9 Å². The van der Waals surface area contributed by atoms with Crippen molar-refractivity contribution in [2.24, 2.45) is 10.9 Å². The largest absolute Gasteiger partial charge is 0.481 e. The maximum Gasteiger partial charge on any atom is 0.313 e. The van der Waals surface area contributed by atoms with Crippen molar-refractivity contribution in [3.05, 3.63) is 12.0 Å². The van der Waals surface area contributed by atoms with E-state index in [9.17, 15) is 4.79 Å². The fourth-order valence-electron chi connectivity index (χ4n) is 0.976. The molecule has 1 aliphatic rings. The van der Waals surface area contributed by atoms with Gasteiger partial charge < -0.3 is 9.47 Å². The summed E-state index contributed by atoms with van der Waals surface area (Å²) in [4.78, 5) is 15.0. The Hall–Kier alpha value is -1.32. The molecule has 0 N–H and O–H groups in total. The number of carbonyl (C=O) groups is 1. The lowest BCUT2D eigenvalue weighted by molar-refractivity contribution is -0.143. The Morgan fingerprint density at radius 1 is 1.67 bits per heavy atom. The van der Waals surface area contributed by atoms with Gasteiger partial charge in [-0.3, -0.25) is 4.79 Å². The molecule has 0 radical (unpaired) electrons. The maximum atomic E-state index is 11.0. The van der Waals surface area contributed by atoms with Crippen molar-refractivity contribution < 1.29 is 14.3 Å². The highest BCUT2D eigenvalue weighted by Gasteiger charge is 2.19. The Kier molecular flexibility index (Phi) is 2.85. The Bertz CT molecular complexity index is 232. The first kappa shape index (κ1) is 8.77. The van der Waals surface area contributed by atoms with E-state index in [1.807, 2.05) is 0 Å². The first-order valence-electron chi connectivity index (χ1n) is 3.64. The van der Waals surface area contributed by atoms with Crippen LogP contribution in [0.1, 0.15) is 6.42 Å². The molecule has 4 heteroatoms. The van der Waals surface area contributed by atoms with Crippen LogP contribution in [-0.2, 0) is 14.3 Å². The van der Waals surface area contributed by atoms with Crippen LogP contribution in [0.15, 0.2) is 17.0 Å². The van der Waals surface area contributed by atoms with Gasteiger partial charge in [-0.15, -0.1) is 0 Å². The molecule has 0 aromatic heterocycles. The minimum atomic E-state index is -0.254. The Balaban J connectivity index is 2.65. The van der Waals surface area contributed by atoms with Gasteiger partial charge in [-0.1, -0.05) is 0 Å². The van der Waals surface area contributed by atoms with Crippen LogP contribution in [0.4, 0.5) is 0 Å². The predicted octanol–water partition coefficient (Wildman–Crippen LogP) is 0.738. The lowest BCUT2D eigenvalue weighted by atomic mass is 10.1. The molecule has 1 rings (SSSR count). The SMILES string of the molecule is COC(=O)C1C=C(OC)N=CC1. The van der Waals surface area contributed by atoms with E-state index in [0.717, 1.165) is 0 Å². The van der Waals surface area contributed by atoms with Crippen molar-refractivity contribution in [3.63, 3.8) is 0 Å². The van der Waals surface area contributed by atoms with Crippen LogP contribution in [0.2, 0.25) is 0 Å². The van der Waals surface area contributed by atoms with E-state index >= 15 is 0 Å². The van der Waals surface area contributed by atoms with Crippen molar-refractivity contribution in [1.82, 2.24) is 0 Å². The Labute approximate surface area is 70.9 Å². The summed E-state index contributed by atoms with van der Waals surface area (Å²) >= 11 is 0. The number of esters is 1. The number of methoxy groups -OCH3 is 2. The fourth-order valence-corrected chi connectivity index (χ4v) is 0.976. The highest BCUT2D eigenvalue weighted by Crippen LogP contribution is 2.15. The van der Waals surface area contributed by atoms with E-state index in [1.165, 1.54) is 14.2 Å². The van der Waals surface area contributed by atoms with Gasteiger partial charge in [0.05, 0.1) is 20.1 Å². The number of aliphatic imine (C=N–C) groups is 1. The molecule has 66 valence electrons. The van der Waals surface area contributed by atoms with Crippen LogP contribution in [-0.4, -0.2) is 26.4 Å². The quantitative estimate of drug-likeness (QED) is 0.573. The molecule has 1 aliphatic heterocycles. The second-order valence-corrected chi connectivity index (χ2v) is 2.39. The van der Waals surface area contributed by atoms with Crippen LogP contribution in [0.5, 0.6) is 0 Å². The normalized spacial score (nSPS) is 21.5. The number of ether oxygens (including phenoxy) is 2. The molecule has 4 nitrogen and oxygen atoms in total. The van der Waals surface area contributed by atoms with E-state index in [4.69, 9.17) is 4.74 Å². The first-order valence-corrected chi connectivity index (χ1v) is 3.64. The molecule has 1 unspecified atom stereocenters. The molecule has 0 spiro atoms. The summed E-state index contributed by atoms with van der Waals surface area (Å²) in [6, 6.07) is 0. The van der Waals surface area contributed by atoms with Gasteiger partial charge in [0, 0.05) is 6.21 Å². The molecule has 0 bridgehead atoms. The van der Waals surface area contributed by atoms with Crippen molar-refractivity contribution in [2.75, 3.05) is 14.2 Å². The lowest BCUT2D eigenvalue weighted by Crippen LogP contribution is -2.17. The second-order valence-electron chi connectivity index (χ2n) is 2.39. The summed E-state index contributed by atoms with van der Waals surface area (Å²) in [5, 5.41) is 0. The number of carbonyl (C=O) groups excluding carboxylic acids is 1. The molecule has 0 saturated heterocycles. The third kappa shape index (κ3) is 1.84. The molecule has 0 fully saturated rings. The van der Waals surface area contributed by atoms with Crippen molar-refractivity contribution >= 4 is 12.2 Å². The molecular formula is C8H11NO3. The number of hydrogen-bond donors (Lipinski definition) is 0. The van der Waals surface area contributed by atoms with Crippen LogP contribution in [0, 0.1) is 5.92 Å². The van der Waals surface area contributed by atoms with Crippen LogP contribution in [0.3, 0.4) is 0 Å². The highest BCUT2D eigenvalue weighted by atomic mass is 16.5. The third-order valence-corrected chi connectivity index (χ3v) is 1.63. The van der Waals surface area contributed by atoms with Crippen LogP contribution < -0.4 is 0 Å². The Morgan fingerprint density at radius 2 is 2.42 bits per heavy atom. The first-order chi connectivity index (χ1) is 5.77. The number of hydrogen-bond acceptors (Lipinski definition) is 4. The minimum absolute atomic E-state index is 0.248. The fraction of sp³-hybridized carbons (Fsp3) is 0.500. The van der Waals surface area contributed by atoms with E-state index in [-0.39, 0.29) is 11.9 Å². The Morgan fingerprint density at radius 3 is 3.00 bits per heavy atom. The summed E-state index contributed by atoms with van der Waals surface area (Å²) in [6.45, 7) is 0. The second kappa shape index (κ2) is 3.90. The monoisotopic (exact) mass is 169 g/mol. The molecule has 0 aliphatic carbocycles. The van der Waals surface area contributed by atoms with Crippen molar-refractivity contribution in [3.8, 4) is 0 Å². The van der Waals surface area contributed by atoms with Gasteiger partial charge >= 0.3 is 5.97 Å². The highest BCUT2D eigenvalue weighted by molar-refractivity contribution is 5.79. The van der Waals surface area contributed by atoms with E-state index in [0.29, 0.717) is 12.3 Å². The molecule has 0 aromatic rings. The predicted molar refractivity (Wildman–Crippen MR) is 43.7 cm³/mol. The van der Waals surface area contributed by atoms with Gasteiger partial charge in [0.15, 0.2) is 0 Å². The average molecular weight is 169 g/mol. The van der Waals surface area contributed by atoms with Gasteiger partial charge in [0.2, 0.25) is 5.88 Å². The van der Waals surface area contributed by atoms with Gasteiger partial charge in [0.1, 0.15) is 0 Å². The zero-order valence-corrected chi connectivity index (χ0v) is 7.11. The molecule has 0 amide bonds. The van der Waals surface area contributed by atoms with Gasteiger partial charge in [-0.05, 0) is 12.5 Å². The summed E-state index contributed by atoms with van der Waals surface area (Å²) < 4.78 is 9.45. The molecule has 0 aromatic carbocycles. The van der Waals surface area contributed by atoms with Gasteiger partial charge in [0.25, 0.3) is 0 Å². The van der Waals surface area contributed by atoms with Crippen LogP contribution >= 0.6 is 0 Å². The molecule has 0 saturated carbocycles. The smallest absolute Gasteiger partial charge is 0.313 e. The third-order valence-electron chi connectivity index (χ3n) is 1.63. The molecule has 12 heavy (non-hydrogen) atoms. The van der Waals surface area contributed by atoms with E-state index in [1.54, 1.807) is 12.3 Å². The lowest BCUT2D eigenvalue weighted by Gasteiger charge is -2.12. The zero-order chi connectivity index (χ0) is 8.97. The summed E-state index contributed by atoms with van der Waals surface area (Å²) in [5.74, 6) is -0.0326. The summed E-state index contributed by atoms with van der Waals surface area (Å²) in [5.41, 5.74) is 0. The van der Waals surface area contributed by atoms with Crippen LogP contribution in [0.25, 0.3) is 0 Å². The van der Waals surface area contributed by atoms with E-state index in [2.05, 4.69) is 9.73 Å². The van der Waals surface area contributed by atoms with Gasteiger partial charge in [-0.25, -0.2) is 4.99 Å². The summed E-state index contributed by atoms with van der Waals surface area (Å²) in [7, 11) is 2.89. The molecular weight excluding hydrogens is 158 g/mol. The van der Waals surface area contributed by atoms with E-state index < -0.39 is 0 Å². The maximum absolute atomic E-state index is 11.0. The average Bonchev–Trinajstić information content (AvgIpc) is 2.17. The number of nitrogens with zero attached hydrogens (tertiary/aromatic N) is 1. The van der Waals surface area contributed by atoms with Crippen molar-refractivity contribution in [2.45, 2.75) is 6.42 Å². The minimum Gasteiger partial charge on any atom is -0.481 e. The molecule has 1 heterocycles. The summed E-state index contributed by atoms with van der Waals surface area (Å²) in [6.07, 6.45) is 3.89. The van der Waals surface area contributed by atoms with Crippen molar-refractivity contribution in [1.29, 1.82) is 0 Å². The zero-order valence-electron chi connectivity index (χ0n) is 7.11. The number of rotatable bonds is 2. The standard InChI is InChI=1S/C8H11NO3/c1-11-7-5-6(3-4-9-7)8(10)12-2/h4-6H,3H2,1-2H3. The van der Waals surface area contributed by atoms with Gasteiger partial charge in [-0.2, -0.15) is 0 Å².